The molecule has 0 aliphatic heterocycles. The molecular weight excluding hydrogens is 360 g/mol. The Hall–Kier alpha value is -2.57. The van der Waals surface area contributed by atoms with Crippen molar-refractivity contribution in [1.29, 1.82) is 0 Å². The minimum absolute atomic E-state index is 0.149. The number of nitrogens with one attached hydrogen (secondary N) is 2. The molecule has 0 unspecified atom stereocenters. The van der Waals surface area contributed by atoms with Crippen LogP contribution in [0, 0.1) is 5.92 Å². The molecule has 0 heterocycles. The zero-order chi connectivity index (χ0) is 21.3. The van der Waals surface area contributed by atoms with E-state index in [1.165, 1.54) is 7.11 Å². The Labute approximate surface area is 167 Å². The fourth-order valence-electron chi connectivity index (χ4n) is 2.61. The van der Waals surface area contributed by atoms with E-state index in [0.717, 1.165) is 5.56 Å². The van der Waals surface area contributed by atoms with E-state index in [1.54, 1.807) is 20.8 Å². The molecule has 2 amide bonds. The summed E-state index contributed by atoms with van der Waals surface area (Å²) in [4.78, 5) is 37.1. The molecule has 7 nitrogen and oxygen atoms in total. The second kappa shape index (κ2) is 10.7. The van der Waals surface area contributed by atoms with Crippen molar-refractivity contribution in [1.82, 2.24) is 10.6 Å². The van der Waals surface area contributed by atoms with Crippen molar-refractivity contribution in [3.8, 4) is 0 Å². The summed E-state index contributed by atoms with van der Waals surface area (Å²) >= 11 is 0. The fourth-order valence-corrected chi connectivity index (χ4v) is 2.61. The number of amides is 2. The average molecular weight is 392 g/mol. The van der Waals surface area contributed by atoms with Crippen molar-refractivity contribution in [2.75, 3.05) is 7.11 Å². The number of alkyl carbamates (subject to hydrolysis) is 1. The van der Waals surface area contributed by atoms with Gasteiger partial charge in [-0.15, -0.1) is 0 Å². The van der Waals surface area contributed by atoms with Crippen LogP contribution in [0.2, 0.25) is 0 Å². The summed E-state index contributed by atoms with van der Waals surface area (Å²) in [6, 6.07) is 7.65. The van der Waals surface area contributed by atoms with E-state index in [2.05, 4.69) is 10.6 Å². The summed E-state index contributed by atoms with van der Waals surface area (Å²) in [5.74, 6) is -0.847. The topological polar surface area (TPSA) is 93.7 Å². The van der Waals surface area contributed by atoms with Crippen molar-refractivity contribution in [3.63, 3.8) is 0 Å². The molecular formula is C21H32N2O5. The third-order valence-electron chi connectivity index (χ3n) is 3.80. The Kier molecular flexibility index (Phi) is 8.96. The molecule has 28 heavy (non-hydrogen) atoms. The summed E-state index contributed by atoms with van der Waals surface area (Å²) < 4.78 is 10.1. The van der Waals surface area contributed by atoms with Crippen molar-refractivity contribution >= 4 is 18.0 Å². The lowest BCUT2D eigenvalue weighted by atomic mass is 10.0. The van der Waals surface area contributed by atoms with E-state index in [4.69, 9.17) is 9.47 Å². The maximum atomic E-state index is 12.8. The predicted octanol–water partition coefficient (Wildman–Crippen LogP) is 2.83. The molecule has 156 valence electrons. The van der Waals surface area contributed by atoms with Crippen LogP contribution in [0.1, 0.15) is 46.6 Å². The summed E-state index contributed by atoms with van der Waals surface area (Å²) in [5, 5.41) is 5.31. The highest BCUT2D eigenvalue weighted by Crippen LogP contribution is 2.11. The van der Waals surface area contributed by atoms with Gasteiger partial charge in [0.25, 0.3) is 0 Å². The summed E-state index contributed by atoms with van der Waals surface area (Å²) in [6.45, 7) is 9.13. The third-order valence-corrected chi connectivity index (χ3v) is 3.80. The molecule has 1 aromatic carbocycles. The molecule has 7 heteroatoms. The number of rotatable bonds is 8. The van der Waals surface area contributed by atoms with Gasteiger partial charge in [-0.1, -0.05) is 44.2 Å². The molecule has 0 radical (unpaired) electrons. The molecule has 0 saturated heterocycles. The monoisotopic (exact) mass is 392 g/mol. The van der Waals surface area contributed by atoms with Gasteiger partial charge >= 0.3 is 12.1 Å². The second-order valence-electron chi connectivity index (χ2n) is 8.10. The van der Waals surface area contributed by atoms with Gasteiger partial charge in [0.15, 0.2) is 0 Å². The first-order valence-corrected chi connectivity index (χ1v) is 9.43. The molecule has 0 spiro atoms. The number of hydrogen-bond acceptors (Lipinski definition) is 5. The van der Waals surface area contributed by atoms with Gasteiger partial charge < -0.3 is 20.1 Å². The first-order chi connectivity index (χ1) is 13.0. The van der Waals surface area contributed by atoms with Gasteiger partial charge in [-0.25, -0.2) is 9.59 Å². The van der Waals surface area contributed by atoms with Crippen molar-refractivity contribution in [2.24, 2.45) is 5.92 Å². The standard InChI is InChI=1S/C21H32N2O5/c1-14(2)12-16(23-20(26)28-21(3,4)5)18(24)22-17(19(25)27-6)13-15-10-8-7-9-11-15/h7-11,14,16-17H,12-13H2,1-6H3,(H,22,24)(H,23,26)/t16-,17-/m0/s1. The lowest BCUT2D eigenvalue weighted by Crippen LogP contribution is -2.53. The third kappa shape index (κ3) is 8.88. The summed E-state index contributed by atoms with van der Waals surface area (Å²) in [6.07, 6.45) is 0.0238. The van der Waals surface area contributed by atoms with E-state index in [-0.39, 0.29) is 5.92 Å². The Bertz CT molecular complexity index is 653. The Morgan fingerprint density at radius 2 is 1.61 bits per heavy atom. The number of benzene rings is 1. The maximum absolute atomic E-state index is 12.8. The molecule has 1 aromatic rings. The highest BCUT2D eigenvalue weighted by molar-refractivity contribution is 5.89. The van der Waals surface area contributed by atoms with Crippen molar-refractivity contribution < 1.29 is 23.9 Å². The zero-order valence-corrected chi connectivity index (χ0v) is 17.6. The van der Waals surface area contributed by atoms with E-state index < -0.39 is 35.7 Å². The number of hydrogen-bond donors (Lipinski definition) is 2. The van der Waals surface area contributed by atoms with Crippen LogP contribution >= 0.6 is 0 Å². The van der Waals surface area contributed by atoms with Gasteiger partial charge in [0.05, 0.1) is 7.11 Å². The van der Waals surface area contributed by atoms with E-state index in [0.29, 0.717) is 12.8 Å². The number of esters is 1. The first kappa shape index (κ1) is 23.5. The highest BCUT2D eigenvalue weighted by Gasteiger charge is 2.29. The summed E-state index contributed by atoms with van der Waals surface area (Å²) in [5.41, 5.74) is 0.212. The van der Waals surface area contributed by atoms with Crippen LogP contribution in [0.3, 0.4) is 0 Å². The van der Waals surface area contributed by atoms with Gasteiger partial charge in [-0.2, -0.15) is 0 Å². The van der Waals surface area contributed by atoms with Gasteiger partial charge in [-0.3, -0.25) is 4.79 Å². The normalized spacial score (nSPS) is 13.4. The van der Waals surface area contributed by atoms with Crippen molar-refractivity contribution in [2.45, 2.75) is 65.1 Å². The van der Waals surface area contributed by atoms with Crippen LogP contribution in [0.4, 0.5) is 4.79 Å². The molecule has 0 aliphatic rings. The molecule has 0 aromatic heterocycles. The van der Waals surface area contributed by atoms with E-state index in [9.17, 15) is 14.4 Å². The van der Waals surface area contributed by atoms with Crippen LogP contribution in [-0.2, 0) is 25.5 Å². The molecule has 2 N–H and O–H groups in total. The van der Waals surface area contributed by atoms with Gasteiger partial charge in [0.1, 0.15) is 17.7 Å². The predicted molar refractivity (Wildman–Crippen MR) is 107 cm³/mol. The van der Waals surface area contributed by atoms with E-state index >= 15 is 0 Å². The lowest BCUT2D eigenvalue weighted by Gasteiger charge is -2.25. The summed E-state index contributed by atoms with van der Waals surface area (Å²) in [7, 11) is 1.27. The molecule has 0 saturated carbocycles. The molecule has 1 rings (SSSR count). The molecule has 2 atom stereocenters. The Balaban J connectivity index is 2.88. The van der Waals surface area contributed by atoms with Gasteiger partial charge in [-0.05, 0) is 38.7 Å². The minimum Gasteiger partial charge on any atom is -0.467 e. The molecule has 0 fully saturated rings. The highest BCUT2D eigenvalue weighted by atomic mass is 16.6. The Morgan fingerprint density at radius 3 is 2.11 bits per heavy atom. The molecule has 0 aliphatic carbocycles. The molecule has 0 bridgehead atoms. The van der Waals surface area contributed by atoms with Crippen LogP contribution in [0.15, 0.2) is 30.3 Å². The van der Waals surface area contributed by atoms with Gasteiger partial charge in [0, 0.05) is 6.42 Å². The number of carbonyl (C=O) groups excluding carboxylic acids is 3. The number of ether oxygens (including phenoxy) is 2. The van der Waals surface area contributed by atoms with E-state index in [1.807, 2.05) is 44.2 Å². The zero-order valence-electron chi connectivity index (χ0n) is 17.6. The van der Waals surface area contributed by atoms with Crippen molar-refractivity contribution in [3.05, 3.63) is 35.9 Å². The smallest absolute Gasteiger partial charge is 0.408 e. The second-order valence-corrected chi connectivity index (χ2v) is 8.10. The largest absolute Gasteiger partial charge is 0.467 e. The average Bonchev–Trinajstić information content (AvgIpc) is 2.58. The number of carbonyl (C=O) groups is 3. The van der Waals surface area contributed by atoms with Crippen LogP contribution in [0.25, 0.3) is 0 Å². The SMILES string of the molecule is COC(=O)[C@H](Cc1ccccc1)NC(=O)[C@H](CC(C)C)NC(=O)OC(C)(C)C. The fraction of sp³-hybridized carbons (Fsp3) is 0.571. The van der Waals surface area contributed by atoms with Crippen LogP contribution < -0.4 is 10.6 Å². The Morgan fingerprint density at radius 1 is 1.00 bits per heavy atom. The van der Waals surface area contributed by atoms with Crippen LogP contribution in [0.5, 0.6) is 0 Å². The van der Waals surface area contributed by atoms with Gasteiger partial charge in [0.2, 0.25) is 5.91 Å². The maximum Gasteiger partial charge on any atom is 0.408 e. The first-order valence-electron chi connectivity index (χ1n) is 9.43. The number of methoxy groups -OCH3 is 1. The minimum atomic E-state index is -0.852. The lowest BCUT2D eigenvalue weighted by molar-refractivity contribution is -0.145. The quantitative estimate of drug-likeness (QED) is 0.664. The van der Waals surface area contributed by atoms with Crippen LogP contribution in [-0.4, -0.2) is 42.8 Å².